The van der Waals surface area contributed by atoms with E-state index < -0.39 is 5.82 Å². The Kier molecular flexibility index (Phi) is 4.68. The number of aromatic nitrogens is 1. The number of oxazole rings is 1. The minimum Gasteiger partial charge on any atom is -0.431 e. The molecule has 23 heavy (non-hydrogen) atoms. The third kappa shape index (κ3) is 3.95. The van der Waals surface area contributed by atoms with Gasteiger partial charge in [0.05, 0.1) is 12.0 Å². The highest BCUT2D eigenvalue weighted by atomic mass is 32.2. The lowest BCUT2D eigenvalue weighted by Crippen LogP contribution is -2.19. The summed E-state index contributed by atoms with van der Waals surface area (Å²) in [6.07, 6.45) is 1.26. The number of nitrogens with one attached hydrogen (secondary N) is 1. The molecule has 0 saturated heterocycles. The lowest BCUT2D eigenvalue weighted by atomic mass is 10.2. The number of para-hydroxylation sites is 2. The van der Waals surface area contributed by atoms with Crippen LogP contribution in [0, 0.1) is 5.82 Å². The van der Waals surface area contributed by atoms with E-state index in [9.17, 15) is 9.18 Å². The monoisotopic (exact) mass is 329 g/mol. The van der Waals surface area contributed by atoms with Crippen molar-refractivity contribution < 1.29 is 13.6 Å². The minimum atomic E-state index is -0.397. The van der Waals surface area contributed by atoms with Crippen molar-refractivity contribution in [3.8, 4) is 0 Å². The first-order valence-corrected chi connectivity index (χ1v) is 7.76. The summed E-state index contributed by atoms with van der Waals surface area (Å²) < 4.78 is 18.8. The molecule has 3 aromatic rings. The molecule has 2 aromatic carbocycles. The molecule has 0 aliphatic heterocycles. The Morgan fingerprint density at radius 2 is 2.04 bits per heavy atom. The molecule has 0 radical (unpaired) electrons. The summed E-state index contributed by atoms with van der Waals surface area (Å²) in [5.41, 5.74) is 4.06. The van der Waals surface area contributed by atoms with Crippen molar-refractivity contribution in [3.05, 3.63) is 59.9 Å². The lowest BCUT2D eigenvalue weighted by Gasteiger charge is -1.98. The van der Waals surface area contributed by atoms with Crippen molar-refractivity contribution in [1.29, 1.82) is 0 Å². The summed E-state index contributed by atoms with van der Waals surface area (Å²) in [5, 5.41) is 4.14. The SMILES string of the molecule is O=C(CSc1nc2ccccc2o1)N/N=C/c1ccccc1F. The first-order valence-electron chi connectivity index (χ1n) is 6.77. The van der Waals surface area contributed by atoms with E-state index in [0.29, 0.717) is 16.4 Å². The van der Waals surface area contributed by atoms with Crippen molar-refractivity contribution in [1.82, 2.24) is 10.4 Å². The second kappa shape index (κ2) is 7.06. The largest absolute Gasteiger partial charge is 0.431 e. The average molecular weight is 329 g/mol. The summed E-state index contributed by atoms with van der Waals surface area (Å²) >= 11 is 1.17. The van der Waals surface area contributed by atoms with E-state index in [2.05, 4.69) is 15.5 Å². The Morgan fingerprint density at radius 3 is 2.87 bits per heavy atom. The zero-order valence-corrected chi connectivity index (χ0v) is 12.7. The lowest BCUT2D eigenvalue weighted by molar-refractivity contribution is -0.118. The van der Waals surface area contributed by atoms with Gasteiger partial charge in [-0.25, -0.2) is 14.8 Å². The fourth-order valence-corrected chi connectivity index (χ4v) is 2.46. The van der Waals surface area contributed by atoms with Gasteiger partial charge in [0.2, 0.25) is 0 Å². The maximum atomic E-state index is 13.4. The first-order chi connectivity index (χ1) is 11.2. The number of hydrogen-bond donors (Lipinski definition) is 1. The zero-order chi connectivity index (χ0) is 16.1. The molecule has 0 aliphatic rings. The number of benzene rings is 2. The van der Waals surface area contributed by atoms with E-state index in [1.54, 1.807) is 18.2 Å². The highest BCUT2D eigenvalue weighted by molar-refractivity contribution is 7.99. The normalized spacial score (nSPS) is 11.2. The molecule has 1 aromatic heterocycles. The van der Waals surface area contributed by atoms with Gasteiger partial charge < -0.3 is 4.42 Å². The van der Waals surface area contributed by atoms with Gasteiger partial charge in [0, 0.05) is 5.56 Å². The second-order valence-corrected chi connectivity index (χ2v) is 5.48. The molecule has 0 saturated carbocycles. The van der Waals surface area contributed by atoms with Crippen LogP contribution in [0.15, 0.2) is 63.3 Å². The summed E-state index contributed by atoms with van der Waals surface area (Å²) in [6, 6.07) is 13.5. The number of carbonyl (C=O) groups is 1. The maximum absolute atomic E-state index is 13.4. The van der Waals surface area contributed by atoms with Crippen LogP contribution >= 0.6 is 11.8 Å². The number of fused-ring (bicyclic) bond motifs is 1. The Labute approximate surface area is 135 Å². The molecule has 1 amide bonds. The Morgan fingerprint density at radius 1 is 1.26 bits per heavy atom. The second-order valence-electron chi connectivity index (χ2n) is 4.55. The van der Waals surface area contributed by atoms with Crippen LogP contribution in [-0.4, -0.2) is 22.9 Å². The van der Waals surface area contributed by atoms with Crippen LogP contribution in [0.3, 0.4) is 0 Å². The van der Waals surface area contributed by atoms with Crippen LogP contribution < -0.4 is 5.43 Å². The highest BCUT2D eigenvalue weighted by Gasteiger charge is 2.08. The minimum absolute atomic E-state index is 0.0986. The molecule has 5 nitrogen and oxygen atoms in total. The van der Waals surface area contributed by atoms with Crippen LogP contribution in [0.1, 0.15) is 5.56 Å². The number of rotatable bonds is 5. The average Bonchev–Trinajstić information content (AvgIpc) is 2.98. The number of carbonyl (C=O) groups excluding carboxylic acids is 1. The summed E-state index contributed by atoms with van der Waals surface area (Å²) in [7, 11) is 0. The standard InChI is InChI=1S/C16H12FN3O2S/c17-12-6-2-1-5-11(12)9-18-20-15(21)10-23-16-19-13-7-3-4-8-14(13)22-16/h1-9H,10H2,(H,20,21)/b18-9+. The first kappa shape index (κ1) is 15.2. The topological polar surface area (TPSA) is 67.5 Å². The predicted molar refractivity (Wildman–Crippen MR) is 86.9 cm³/mol. The predicted octanol–water partition coefficient (Wildman–Crippen LogP) is 3.21. The molecule has 116 valence electrons. The maximum Gasteiger partial charge on any atom is 0.257 e. The van der Waals surface area contributed by atoms with E-state index >= 15 is 0 Å². The van der Waals surface area contributed by atoms with Crippen molar-refractivity contribution in [2.45, 2.75) is 5.22 Å². The van der Waals surface area contributed by atoms with Gasteiger partial charge in [0.1, 0.15) is 11.3 Å². The third-order valence-electron chi connectivity index (χ3n) is 2.90. The van der Waals surface area contributed by atoms with Gasteiger partial charge >= 0.3 is 0 Å². The highest BCUT2D eigenvalue weighted by Crippen LogP contribution is 2.22. The molecule has 7 heteroatoms. The molecule has 1 heterocycles. The number of hydrazone groups is 1. The van der Waals surface area contributed by atoms with Crippen LogP contribution in [-0.2, 0) is 4.79 Å². The van der Waals surface area contributed by atoms with E-state index in [1.807, 2.05) is 24.3 Å². The van der Waals surface area contributed by atoms with Gasteiger partial charge in [-0.3, -0.25) is 4.79 Å². The molecule has 0 aliphatic carbocycles. The number of amides is 1. The number of nitrogens with zero attached hydrogens (tertiary/aromatic N) is 2. The van der Waals surface area contributed by atoms with Crippen LogP contribution in [0.4, 0.5) is 4.39 Å². The van der Waals surface area contributed by atoms with E-state index in [0.717, 1.165) is 5.52 Å². The Bertz CT molecular complexity index is 830. The molecule has 0 unspecified atom stereocenters. The van der Waals surface area contributed by atoms with Gasteiger partial charge in [-0.1, -0.05) is 42.1 Å². The Hall–Kier alpha value is -2.67. The van der Waals surface area contributed by atoms with Gasteiger partial charge in [0.25, 0.3) is 11.1 Å². The van der Waals surface area contributed by atoms with E-state index in [4.69, 9.17) is 4.42 Å². The fourth-order valence-electron chi connectivity index (χ4n) is 1.83. The molecule has 3 rings (SSSR count). The van der Waals surface area contributed by atoms with Crippen LogP contribution in [0.5, 0.6) is 0 Å². The van der Waals surface area contributed by atoms with Gasteiger partial charge in [-0.05, 0) is 18.2 Å². The van der Waals surface area contributed by atoms with E-state index in [1.165, 1.54) is 24.0 Å². The molecular formula is C16H12FN3O2S. The van der Waals surface area contributed by atoms with Crippen molar-refractivity contribution in [2.75, 3.05) is 5.75 Å². The molecule has 0 fully saturated rings. The summed E-state index contributed by atoms with van der Waals surface area (Å²) in [6.45, 7) is 0. The van der Waals surface area contributed by atoms with Crippen LogP contribution in [0.25, 0.3) is 11.1 Å². The Balaban J connectivity index is 1.52. The van der Waals surface area contributed by atoms with Crippen molar-refractivity contribution in [2.24, 2.45) is 5.10 Å². The molecule has 0 atom stereocenters. The summed E-state index contributed by atoms with van der Waals surface area (Å²) in [5.74, 6) is -0.627. The van der Waals surface area contributed by atoms with Crippen molar-refractivity contribution >= 4 is 35.0 Å². The zero-order valence-electron chi connectivity index (χ0n) is 11.9. The molecular weight excluding hydrogens is 317 g/mol. The van der Waals surface area contributed by atoms with Crippen LogP contribution in [0.2, 0.25) is 0 Å². The van der Waals surface area contributed by atoms with Gasteiger partial charge in [-0.15, -0.1) is 0 Å². The quantitative estimate of drug-likeness (QED) is 0.443. The number of hydrogen-bond acceptors (Lipinski definition) is 5. The van der Waals surface area contributed by atoms with Crippen molar-refractivity contribution in [3.63, 3.8) is 0 Å². The van der Waals surface area contributed by atoms with Gasteiger partial charge in [0.15, 0.2) is 5.58 Å². The fraction of sp³-hybridized carbons (Fsp3) is 0.0625. The van der Waals surface area contributed by atoms with E-state index in [-0.39, 0.29) is 11.7 Å². The smallest absolute Gasteiger partial charge is 0.257 e. The summed E-state index contributed by atoms with van der Waals surface area (Å²) in [4.78, 5) is 16.0. The van der Waals surface area contributed by atoms with Gasteiger partial charge in [-0.2, -0.15) is 5.10 Å². The number of thioether (sulfide) groups is 1. The molecule has 0 spiro atoms. The third-order valence-corrected chi connectivity index (χ3v) is 3.73. The number of halogens is 1. The molecule has 0 bridgehead atoms. The molecule has 1 N–H and O–H groups in total.